The van der Waals surface area contributed by atoms with Crippen molar-refractivity contribution in [3.05, 3.63) is 59.7 Å². The van der Waals surface area contributed by atoms with E-state index in [0.717, 1.165) is 24.0 Å². The Balaban J connectivity index is 1.49. The molecule has 2 fully saturated rings. The zero-order valence-electron chi connectivity index (χ0n) is 16.8. The van der Waals surface area contributed by atoms with E-state index in [-0.39, 0.29) is 25.0 Å². The van der Waals surface area contributed by atoms with Crippen molar-refractivity contribution in [2.24, 2.45) is 11.3 Å². The van der Waals surface area contributed by atoms with Gasteiger partial charge >= 0.3 is 5.97 Å². The minimum atomic E-state index is -0.964. The summed E-state index contributed by atoms with van der Waals surface area (Å²) < 4.78 is 5.45. The Bertz CT molecular complexity index is 890. The molecule has 152 valence electrons. The number of carbonyl (C=O) groups excluding carboxylic acids is 1. The fraction of sp³-hybridized carbons (Fsp3) is 0.417. The zero-order valence-corrected chi connectivity index (χ0v) is 16.8. The maximum atomic E-state index is 13.0. The predicted molar refractivity (Wildman–Crippen MR) is 111 cm³/mol. The second kappa shape index (κ2) is 7.99. The summed E-state index contributed by atoms with van der Waals surface area (Å²) in [7, 11) is 0. The molecule has 2 aliphatic rings. The Morgan fingerprint density at radius 3 is 2.34 bits per heavy atom. The van der Waals surface area contributed by atoms with Gasteiger partial charge in [-0.2, -0.15) is 0 Å². The van der Waals surface area contributed by atoms with E-state index in [1.807, 2.05) is 24.3 Å². The van der Waals surface area contributed by atoms with Crippen molar-refractivity contribution in [3.8, 4) is 11.1 Å². The van der Waals surface area contributed by atoms with Crippen LogP contribution in [0.4, 0.5) is 0 Å². The normalized spacial score (nSPS) is 23.6. The molecule has 2 atom stereocenters. The van der Waals surface area contributed by atoms with Gasteiger partial charge in [0.15, 0.2) is 0 Å². The first-order valence-corrected chi connectivity index (χ1v) is 10.3. The third-order valence-corrected chi connectivity index (χ3v) is 6.34. The molecule has 0 saturated carbocycles. The second-order valence-corrected chi connectivity index (χ2v) is 8.21. The molecule has 2 aromatic rings. The second-order valence-electron chi connectivity index (χ2n) is 8.21. The van der Waals surface area contributed by atoms with Crippen LogP contribution in [0.25, 0.3) is 11.1 Å². The molecule has 2 saturated heterocycles. The summed E-state index contributed by atoms with van der Waals surface area (Å²) in [6.45, 7) is 3.61. The van der Waals surface area contributed by atoms with Crippen molar-refractivity contribution < 1.29 is 19.4 Å². The number of nitrogens with zero attached hydrogens (tertiary/aromatic N) is 1. The number of aliphatic carboxylic acids is 1. The molecule has 0 radical (unpaired) electrons. The summed E-state index contributed by atoms with van der Waals surface area (Å²) in [5.74, 6) is -1.01. The molecule has 0 spiro atoms. The van der Waals surface area contributed by atoms with Crippen LogP contribution in [-0.2, 0) is 16.0 Å². The minimum absolute atomic E-state index is 0.0430. The summed E-state index contributed by atoms with van der Waals surface area (Å²) in [6.07, 6.45) is 2.89. The monoisotopic (exact) mass is 393 g/mol. The van der Waals surface area contributed by atoms with Crippen LogP contribution in [0, 0.1) is 11.3 Å². The van der Waals surface area contributed by atoms with E-state index in [9.17, 15) is 14.7 Å². The molecule has 4 rings (SSSR count). The first kappa shape index (κ1) is 19.6. The SMILES string of the molecule is CCCc1ccc(-c2ccc(C(=O)N3C[C@@H]4CCOC[C@]4(C(=O)O)C3)cc2)cc1. The van der Waals surface area contributed by atoms with Crippen molar-refractivity contribution in [3.63, 3.8) is 0 Å². The molecule has 0 bridgehead atoms. The number of amides is 1. The van der Waals surface area contributed by atoms with E-state index in [2.05, 4.69) is 31.2 Å². The highest BCUT2D eigenvalue weighted by Crippen LogP contribution is 2.42. The number of rotatable bonds is 5. The lowest BCUT2D eigenvalue weighted by Gasteiger charge is -2.33. The molecule has 1 amide bonds. The average molecular weight is 393 g/mol. The molecule has 5 nitrogen and oxygen atoms in total. The van der Waals surface area contributed by atoms with Crippen LogP contribution in [-0.4, -0.2) is 48.2 Å². The zero-order chi connectivity index (χ0) is 20.4. The van der Waals surface area contributed by atoms with Crippen molar-refractivity contribution in [2.75, 3.05) is 26.3 Å². The third-order valence-electron chi connectivity index (χ3n) is 6.34. The van der Waals surface area contributed by atoms with Crippen molar-refractivity contribution in [1.82, 2.24) is 4.90 Å². The number of ether oxygens (including phenoxy) is 1. The van der Waals surface area contributed by atoms with E-state index in [4.69, 9.17) is 4.74 Å². The predicted octanol–water partition coefficient (Wildman–Crippen LogP) is 3.87. The van der Waals surface area contributed by atoms with Gasteiger partial charge in [0.05, 0.1) is 6.61 Å². The van der Waals surface area contributed by atoms with Crippen LogP contribution < -0.4 is 0 Å². The highest BCUT2D eigenvalue weighted by molar-refractivity contribution is 5.95. The van der Waals surface area contributed by atoms with Crippen molar-refractivity contribution >= 4 is 11.9 Å². The smallest absolute Gasteiger partial charge is 0.314 e. The summed E-state index contributed by atoms with van der Waals surface area (Å²) in [6, 6.07) is 16.1. The lowest BCUT2D eigenvalue weighted by atomic mass is 9.76. The number of hydrogen-bond acceptors (Lipinski definition) is 3. The largest absolute Gasteiger partial charge is 0.481 e. The lowest BCUT2D eigenvalue weighted by molar-refractivity contribution is -0.159. The summed E-state index contributed by atoms with van der Waals surface area (Å²) in [4.78, 5) is 26.6. The highest BCUT2D eigenvalue weighted by Gasteiger charge is 2.55. The van der Waals surface area contributed by atoms with Gasteiger partial charge in [0.1, 0.15) is 5.41 Å². The Hall–Kier alpha value is -2.66. The van der Waals surface area contributed by atoms with E-state index >= 15 is 0 Å². The number of carboxylic acid groups (broad SMARTS) is 1. The molecule has 0 aromatic heterocycles. The molecule has 0 aliphatic carbocycles. The van der Waals surface area contributed by atoms with Crippen LogP contribution in [0.3, 0.4) is 0 Å². The Kier molecular flexibility index (Phi) is 5.41. The standard InChI is InChI=1S/C24H27NO4/c1-2-3-17-4-6-18(7-5-17)19-8-10-20(11-9-19)22(26)25-14-21-12-13-29-16-24(21,15-25)23(27)28/h4-11,21H,2-3,12-16H2,1H3,(H,27,28)/t21-,24+/m0/s1. The molecular formula is C24H27NO4. The number of likely N-dealkylation sites (tertiary alicyclic amines) is 1. The maximum absolute atomic E-state index is 13.0. The number of aryl methyl sites for hydroxylation is 1. The Labute approximate surface area is 171 Å². The fourth-order valence-corrected chi connectivity index (χ4v) is 4.59. The van der Waals surface area contributed by atoms with Crippen LogP contribution >= 0.6 is 0 Å². The summed E-state index contributed by atoms with van der Waals surface area (Å²) >= 11 is 0. The molecule has 29 heavy (non-hydrogen) atoms. The van der Waals surface area contributed by atoms with E-state index < -0.39 is 11.4 Å². The van der Waals surface area contributed by atoms with Gasteiger partial charge in [-0.05, 0) is 47.6 Å². The number of fused-ring (bicyclic) bond motifs is 1. The number of benzene rings is 2. The van der Waals surface area contributed by atoms with Gasteiger partial charge in [0, 0.05) is 25.3 Å². The highest BCUT2D eigenvalue weighted by atomic mass is 16.5. The van der Waals surface area contributed by atoms with Crippen molar-refractivity contribution in [2.45, 2.75) is 26.2 Å². The Morgan fingerprint density at radius 1 is 1.10 bits per heavy atom. The first-order chi connectivity index (χ1) is 14.0. The summed E-state index contributed by atoms with van der Waals surface area (Å²) in [5.41, 5.74) is 3.15. The van der Waals surface area contributed by atoms with E-state index in [1.165, 1.54) is 5.56 Å². The van der Waals surface area contributed by atoms with Crippen LogP contribution in [0.1, 0.15) is 35.7 Å². The molecule has 2 aliphatic heterocycles. The van der Waals surface area contributed by atoms with Gasteiger partial charge in [0.25, 0.3) is 5.91 Å². The van der Waals surface area contributed by atoms with Gasteiger partial charge < -0.3 is 14.7 Å². The number of hydrogen-bond donors (Lipinski definition) is 1. The van der Waals surface area contributed by atoms with E-state index in [1.54, 1.807) is 4.90 Å². The lowest BCUT2D eigenvalue weighted by Crippen LogP contribution is -2.46. The first-order valence-electron chi connectivity index (χ1n) is 10.3. The van der Waals surface area contributed by atoms with Crippen molar-refractivity contribution in [1.29, 1.82) is 0 Å². The van der Waals surface area contributed by atoms with Gasteiger partial charge in [-0.15, -0.1) is 0 Å². The van der Waals surface area contributed by atoms with Crippen LogP contribution in [0.5, 0.6) is 0 Å². The summed E-state index contributed by atoms with van der Waals surface area (Å²) in [5, 5.41) is 9.77. The van der Waals surface area contributed by atoms with Gasteiger partial charge in [-0.3, -0.25) is 9.59 Å². The average Bonchev–Trinajstić information content (AvgIpc) is 3.15. The van der Waals surface area contributed by atoms with Gasteiger partial charge in [-0.1, -0.05) is 49.7 Å². The molecule has 1 N–H and O–H groups in total. The number of carboxylic acids is 1. The molecule has 2 heterocycles. The fourth-order valence-electron chi connectivity index (χ4n) is 4.59. The van der Waals surface area contributed by atoms with Gasteiger partial charge in [0.2, 0.25) is 0 Å². The minimum Gasteiger partial charge on any atom is -0.481 e. The molecule has 0 unspecified atom stereocenters. The maximum Gasteiger partial charge on any atom is 0.314 e. The quantitative estimate of drug-likeness (QED) is 0.837. The van der Waals surface area contributed by atoms with Crippen LogP contribution in [0.2, 0.25) is 0 Å². The molecule has 5 heteroatoms. The number of carbonyl (C=O) groups is 2. The van der Waals surface area contributed by atoms with Crippen LogP contribution in [0.15, 0.2) is 48.5 Å². The topological polar surface area (TPSA) is 66.8 Å². The molecule has 2 aromatic carbocycles. The Morgan fingerprint density at radius 2 is 1.76 bits per heavy atom. The van der Waals surface area contributed by atoms with Gasteiger partial charge in [-0.25, -0.2) is 0 Å². The molecular weight excluding hydrogens is 366 g/mol. The third kappa shape index (κ3) is 3.67. The van der Waals surface area contributed by atoms with E-state index in [0.29, 0.717) is 25.1 Å².